The topological polar surface area (TPSA) is 87.0 Å². The van der Waals surface area contributed by atoms with Gasteiger partial charge in [0, 0.05) is 5.39 Å². The molecule has 0 aliphatic heterocycles. The summed E-state index contributed by atoms with van der Waals surface area (Å²) in [5.74, 6) is 0.103. The molecule has 0 saturated heterocycles. The molecular weight excluding hydrogens is 243 g/mol. The van der Waals surface area contributed by atoms with Crippen LogP contribution in [0.2, 0.25) is 0 Å². The summed E-state index contributed by atoms with van der Waals surface area (Å²) in [6.07, 6.45) is 0. The van der Waals surface area contributed by atoms with Gasteiger partial charge in [-0.2, -0.15) is 0 Å². The fourth-order valence-electron chi connectivity index (χ4n) is 1.68. The summed E-state index contributed by atoms with van der Waals surface area (Å²) >= 11 is 0. The first-order valence-electron chi connectivity index (χ1n) is 4.88. The third-order valence-electron chi connectivity index (χ3n) is 2.36. The van der Waals surface area contributed by atoms with Crippen molar-refractivity contribution in [1.29, 1.82) is 0 Å². The van der Waals surface area contributed by atoms with Gasteiger partial charge in [-0.1, -0.05) is 30.3 Å². The van der Waals surface area contributed by atoms with Crippen molar-refractivity contribution in [2.75, 3.05) is 0 Å². The molecule has 6 heteroatoms. The predicted octanol–water partition coefficient (Wildman–Crippen LogP) is 1.80. The van der Waals surface area contributed by atoms with E-state index in [4.69, 9.17) is 14.9 Å². The maximum Gasteiger partial charge on any atom is 0.524 e. The zero-order chi connectivity index (χ0) is 12.5. The Morgan fingerprint density at radius 2 is 1.71 bits per heavy atom. The Morgan fingerprint density at radius 1 is 1.06 bits per heavy atom. The van der Waals surface area contributed by atoms with Crippen LogP contribution in [-0.4, -0.2) is 14.9 Å². The van der Waals surface area contributed by atoms with Crippen LogP contribution >= 0.6 is 7.82 Å². The number of rotatable bonds is 3. The van der Waals surface area contributed by atoms with Gasteiger partial charge in [-0.25, -0.2) is 4.57 Å². The van der Waals surface area contributed by atoms with E-state index in [0.29, 0.717) is 16.3 Å². The third-order valence-corrected chi connectivity index (χ3v) is 2.80. The Labute approximate surface area is 97.5 Å². The van der Waals surface area contributed by atoms with Gasteiger partial charge < -0.3 is 9.63 Å². The highest BCUT2D eigenvalue weighted by atomic mass is 31.2. The molecule has 0 spiro atoms. The van der Waals surface area contributed by atoms with Gasteiger partial charge in [-0.05, 0) is 17.0 Å². The van der Waals surface area contributed by atoms with Gasteiger partial charge >= 0.3 is 7.82 Å². The second kappa shape index (κ2) is 4.47. The van der Waals surface area contributed by atoms with E-state index in [2.05, 4.69) is 4.52 Å². The van der Waals surface area contributed by atoms with Gasteiger partial charge in [0.25, 0.3) is 0 Å². The van der Waals surface area contributed by atoms with Crippen LogP contribution in [0.1, 0.15) is 5.56 Å². The van der Waals surface area contributed by atoms with Crippen LogP contribution in [0, 0.1) is 0 Å². The lowest BCUT2D eigenvalue weighted by molar-refractivity contribution is 0.282. The molecule has 90 valence electrons. The van der Waals surface area contributed by atoms with Gasteiger partial charge in [0.15, 0.2) is 0 Å². The quantitative estimate of drug-likeness (QED) is 0.727. The summed E-state index contributed by atoms with van der Waals surface area (Å²) in [5, 5.41) is 10.4. The van der Waals surface area contributed by atoms with Crippen LogP contribution in [-0.2, 0) is 11.2 Å². The van der Waals surface area contributed by atoms with E-state index in [1.807, 2.05) is 0 Å². The largest absolute Gasteiger partial charge is 0.524 e. The van der Waals surface area contributed by atoms with Crippen molar-refractivity contribution in [3.63, 3.8) is 0 Å². The van der Waals surface area contributed by atoms with Crippen LogP contribution in [0.4, 0.5) is 0 Å². The number of phosphoric ester groups is 1. The molecule has 2 aromatic rings. The molecule has 0 aliphatic carbocycles. The monoisotopic (exact) mass is 254 g/mol. The summed E-state index contributed by atoms with van der Waals surface area (Å²) in [4.78, 5) is 17.6. The van der Waals surface area contributed by atoms with Crippen molar-refractivity contribution < 1.29 is 24.0 Å². The summed E-state index contributed by atoms with van der Waals surface area (Å²) < 4.78 is 15.4. The van der Waals surface area contributed by atoms with Crippen molar-refractivity contribution in [1.82, 2.24) is 0 Å². The lowest BCUT2D eigenvalue weighted by Gasteiger charge is -2.11. The minimum atomic E-state index is -4.58. The molecule has 0 unspecified atom stereocenters. The normalized spacial score (nSPS) is 11.7. The van der Waals surface area contributed by atoms with Gasteiger partial charge in [-0.3, -0.25) is 9.79 Å². The molecule has 0 amide bonds. The highest BCUT2D eigenvalue weighted by molar-refractivity contribution is 7.46. The van der Waals surface area contributed by atoms with E-state index >= 15 is 0 Å². The number of fused-ring (bicyclic) bond motifs is 1. The van der Waals surface area contributed by atoms with Crippen molar-refractivity contribution >= 4 is 18.6 Å². The van der Waals surface area contributed by atoms with Gasteiger partial charge in [0.05, 0.1) is 6.61 Å². The van der Waals surface area contributed by atoms with Crippen molar-refractivity contribution in [2.24, 2.45) is 0 Å². The first-order valence-corrected chi connectivity index (χ1v) is 6.41. The molecule has 0 bridgehead atoms. The van der Waals surface area contributed by atoms with Crippen LogP contribution in [0.5, 0.6) is 5.75 Å². The second-order valence-electron chi connectivity index (χ2n) is 3.51. The van der Waals surface area contributed by atoms with E-state index in [1.54, 1.807) is 30.3 Å². The van der Waals surface area contributed by atoms with Crippen molar-refractivity contribution in [2.45, 2.75) is 6.61 Å². The fourth-order valence-corrected chi connectivity index (χ4v) is 2.09. The Balaban J connectivity index is 2.63. The molecule has 0 fully saturated rings. The zero-order valence-electron chi connectivity index (χ0n) is 8.78. The highest BCUT2D eigenvalue weighted by Gasteiger charge is 2.18. The second-order valence-corrected chi connectivity index (χ2v) is 4.67. The molecule has 2 aromatic carbocycles. The molecule has 0 saturated carbocycles. The van der Waals surface area contributed by atoms with Crippen molar-refractivity contribution in [3.05, 3.63) is 42.0 Å². The number of phosphoric acid groups is 1. The molecule has 0 atom stereocenters. The zero-order valence-corrected chi connectivity index (χ0v) is 9.67. The molecule has 3 N–H and O–H groups in total. The predicted molar refractivity (Wildman–Crippen MR) is 62.5 cm³/mol. The Bertz CT molecular complexity index is 589. The molecule has 0 heterocycles. The molecule has 2 rings (SSSR count). The third kappa shape index (κ3) is 2.65. The Hall–Kier alpha value is -1.39. The van der Waals surface area contributed by atoms with Crippen LogP contribution in [0.3, 0.4) is 0 Å². The first kappa shape index (κ1) is 12.1. The average Bonchev–Trinajstić information content (AvgIpc) is 2.28. The summed E-state index contributed by atoms with van der Waals surface area (Å²) in [6.45, 7) is -0.142. The molecule has 17 heavy (non-hydrogen) atoms. The molecular formula is C11H11O5P. The van der Waals surface area contributed by atoms with E-state index in [0.717, 1.165) is 0 Å². The minimum Gasteiger partial charge on any atom is -0.404 e. The average molecular weight is 254 g/mol. The SMILES string of the molecule is O=P(O)(O)Oc1ccc(CO)c2ccccc12. The van der Waals surface area contributed by atoms with Crippen LogP contribution in [0.25, 0.3) is 10.8 Å². The standard InChI is InChI=1S/C11H11O5P/c12-7-8-5-6-11(16-17(13,14)15)10-4-2-1-3-9(8)10/h1-6,12H,7H2,(H2,13,14,15). The Kier molecular flexibility index (Phi) is 3.17. The van der Waals surface area contributed by atoms with Crippen LogP contribution in [0.15, 0.2) is 36.4 Å². The number of aliphatic hydroxyl groups excluding tert-OH is 1. The molecule has 0 aromatic heterocycles. The molecule has 0 aliphatic rings. The fraction of sp³-hybridized carbons (Fsp3) is 0.0909. The van der Waals surface area contributed by atoms with E-state index < -0.39 is 7.82 Å². The van der Waals surface area contributed by atoms with E-state index in [9.17, 15) is 4.57 Å². The number of hydrogen-bond acceptors (Lipinski definition) is 3. The summed E-state index contributed by atoms with van der Waals surface area (Å²) in [5.41, 5.74) is 0.679. The maximum atomic E-state index is 10.8. The molecule has 0 radical (unpaired) electrons. The Morgan fingerprint density at radius 3 is 2.29 bits per heavy atom. The van der Waals surface area contributed by atoms with Gasteiger partial charge in [0.2, 0.25) is 0 Å². The summed E-state index contributed by atoms with van der Waals surface area (Å²) in [7, 11) is -4.58. The first-order chi connectivity index (χ1) is 8.01. The van der Waals surface area contributed by atoms with E-state index in [-0.39, 0.29) is 12.4 Å². The van der Waals surface area contributed by atoms with E-state index in [1.165, 1.54) is 6.07 Å². The summed E-state index contributed by atoms with van der Waals surface area (Å²) in [6, 6.07) is 9.96. The van der Waals surface area contributed by atoms with Gasteiger partial charge in [0.1, 0.15) is 5.75 Å². The lowest BCUT2D eigenvalue weighted by atomic mass is 10.0. The van der Waals surface area contributed by atoms with Gasteiger partial charge in [-0.15, -0.1) is 0 Å². The number of hydrogen-bond donors (Lipinski definition) is 3. The smallest absolute Gasteiger partial charge is 0.404 e. The highest BCUT2D eigenvalue weighted by Crippen LogP contribution is 2.41. The number of aliphatic hydroxyl groups is 1. The molecule has 5 nitrogen and oxygen atoms in total. The lowest BCUT2D eigenvalue weighted by Crippen LogP contribution is -1.93. The maximum absolute atomic E-state index is 10.8. The number of benzene rings is 2. The minimum absolute atomic E-state index is 0.103. The van der Waals surface area contributed by atoms with Crippen LogP contribution < -0.4 is 4.52 Å². The van der Waals surface area contributed by atoms with Crippen molar-refractivity contribution in [3.8, 4) is 5.75 Å².